The summed E-state index contributed by atoms with van der Waals surface area (Å²) < 4.78 is 0. The summed E-state index contributed by atoms with van der Waals surface area (Å²) in [7, 11) is 0. The molecule has 0 fully saturated rings. The Morgan fingerprint density at radius 3 is 2.05 bits per heavy atom. The van der Waals surface area contributed by atoms with Gasteiger partial charge in [-0.1, -0.05) is 67.6 Å². The summed E-state index contributed by atoms with van der Waals surface area (Å²) in [6, 6.07) is 18.9. The molecule has 2 N–H and O–H groups in total. The zero-order valence-electron chi connectivity index (χ0n) is 11.1. The summed E-state index contributed by atoms with van der Waals surface area (Å²) in [5.74, 6) is -0.0516. The number of benzene rings is 2. The second kappa shape index (κ2) is 6.30. The van der Waals surface area contributed by atoms with E-state index in [1.807, 2.05) is 67.6 Å². The van der Waals surface area contributed by atoms with Gasteiger partial charge in [-0.2, -0.15) is 0 Å². The number of Topliss-reactive ketones (excluding diaryl/α,β-unsaturated/α-hetero) is 1. The molecule has 0 spiro atoms. The highest BCUT2D eigenvalue weighted by Gasteiger charge is 2.25. The molecule has 0 aliphatic heterocycles. The Balaban J connectivity index is 2.23. The number of hydrogen-bond donors (Lipinski definition) is 1. The molecule has 2 aromatic carbocycles. The van der Waals surface area contributed by atoms with E-state index in [1.165, 1.54) is 0 Å². The number of carbonyl (C=O) groups is 1. The van der Waals surface area contributed by atoms with Crippen LogP contribution in [0.4, 0.5) is 0 Å². The molecule has 0 saturated carbocycles. The van der Waals surface area contributed by atoms with E-state index in [0.29, 0.717) is 0 Å². The highest BCUT2D eigenvalue weighted by Crippen LogP contribution is 2.25. The summed E-state index contributed by atoms with van der Waals surface area (Å²) in [6.07, 6.45) is 0.740. The van der Waals surface area contributed by atoms with E-state index in [1.54, 1.807) is 0 Å². The predicted molar refractivity (Wildman–Crippen MR) is 77.9 cm³/mol. The Morgan fingerprint density at radius 2 is 1.53 bits per heavy atom. The van der Waals surface area contributed by atoms with Crippen molar-refractivity contribution in [3.8, 4) is 0 Å². The molecule has 2 atom stereocenters. The van der Waals surface area contributed by atoms with E-state index in [9.17, 15) is 4.79 Å². The molecule has 98 valence electrons. The van der Waals surface area contributed by atoms with Crippen molar-refractivity contribution in [3.63, 3.8) is 0 Å². The summed E-state index contributed by atoms with van der Waals surface area (Å²) in [4.78, 5) is 12.5. The second-order valence-corrected chi connectivity index (χ2v) is 4.68. The van der Waals surface area contributed by atoms with Gasteiger partial charge < -0.3 is 5.73 Å². The Bertz CT molecular complexity index is 521. The van der Waals surface area contributed by atoms with Crippen molar-refractivity contribution in [2.75, 3.05) is 0 Å². The smallest absolute Gasteiger partial charge is 0.167 e. The van der Waals surface area contributed by atoms with E-state index >= 15 is 0 Å². The van der Waals surface area contributed by atoms with E-state index in [2.05, 4.69) is 0 Å². The van der Waals surface area contributed by atoms with E-state index < -0.39 is 0 Å². The third-order valence-corrected chi connectivity index (χ3v) is 3.45. The van der Waals surface area contributed by atoms with Crippen LogP contribution in [0.1, 0.15) is 35.3 Å². The van der Waals surface area contributed by atoms with Crippen molar-refractivity contribution in [2.24, 2.45) is 11.7 Å². The van der Waals surface area contributed by atoms with Gasteiger partial charge >= 0.3 is 0 Å². The van der Waals surface area contributed by atoms with Crippen molar-refractivity contribution in [1.29, 1.82) is 0 Å². The lowest BCUT2D eigenvalue weighted by Gasteiger charge is -2.22. The van der Waals surface area contributed by atoms with Crippen LogP contribution < -0.4 is 5.73 Å². The average Bonchev–Trinajstić information content (AvgIpc) is 2.49. The van der Waals surface area contributed by atoms with Crippen LogP contribution in [0.25, 0.3) is 0 Å². The number of rotatable bonds is 5. The van der Waals surface area contributed by atoms with Crippen LogP contribution in [0.5, 0.6) is 0 Å². The van der Waals surface area contributed by atoms with Crippen molar-refractivity contribution in [2.45, 2.75) is 19.4 Å². The third-order valence-electron chi connectivity index (χ3n) is 3.45. The fourth-order valence-electron chi connectivity index (χ4n) is 2.33. The fourth-order valence-corrected chi connectivity index (χ4v) is 2.33. The van der Waals surface area contributed by atoms with Gasteiger partial charge in [0.05, 0.1) is 0 Å². The molecule has 0 unspecified atom stereocenters. The standard InChI is InChI=1S/C17H19NO/c1-2-15(16(18)13-9-5-3-6-10-13)17(19)14-11-7-4-8-12-14/h3-12,15-16H,2,18H2,1H3/t15-,16-/m0/s1. The molecule has 0 heterocycles. The van der Waals surface area contributed by atoms with Crippen LogP contribution in [0, 0.1) is 5.92 Å². The van der Waals surface area contributed by atoms with Crippen LogP contribution in [-0.4, -0.2) is 5.78 Å². The van der Waals surface area contributed by atoms with Crippen molar-refractivity contribution >= 4 is 5.78 Å². The Kier molecular flexibility index (Phi) is 4.48. The molecule has 0 aliphatic rings. The van der Waals surface area contributed by atoms with Crippen LogP contribution in [0.2, 0.25) is 0 Å². The molecule has 0 bridgehead atoms. The van der Waals surface area contributed by atoms with Crippen LogP contribution in [0.3, 0.4) is 0 Å². The summed E-state index contributed by atoms with van der Waals surface area (Å²) in [6.45, 7) is 2.01. The minimum atomic E-state index is -0.251. The molecular weight excluding hydrogens is 234 g/mol. The van der Waals surface area contributed by atoms with Gasteiger partial charge in [0, 0.05) is 17.5 Å². The Hall–Kier alpha value is -1.93. The Labute approximate surface area is 114 Å². The molecule has 0 amide bonds. The highest BCUT2D eigenvalue weighted by molar-refractivity contribution is 5.98. The van der Waals surface area contributed by atoms with Crippen molar-refractivity contribution in [1.82, 2.24) is 0 Å². The first kappa shape index (κ1) is 13.5. The van der Waals surface area contributed by atoms with Gasteiger partial charge in [0.1, 0.15) is 0 Å². The monoisotopic (exact) mass is 253 g/mol. The molecule has 0 aliphatic carbocycles. The van der Waals surface area contributed by atoms with Gasteiger partial charge in [-0.15, -0.1) is 0 Å². The minimum absolute atomic E-state index is 0.124. The zero-order chi connectivity index (χ0) is 13.7. The highest BCUT2D eigenvalue weighted by atomic mass is 16.1. The molecular formula is C17H19NO. The molecule has 19 heavy (non-hydrogen) atoms. The normalized spacial score (nSPS) is 13.8. The van der Waals surface area contributed by atoms with E-state index in [-0.39, 0.29) is 17.7 Å². The van der Waals surface area contributed by atoms with Crippen molar-refractivity contribution in [3.05, 3.63) is 71.8 Å². The lowest BCUT2D eigenvalue weighted by Crippen LogP contribution is -2.28. The quantitative estimate of drug-likeness (QED) is 0.827. The molecule has 2 nitrogen and oxygen atoms in total. The lowest BCUT2D eigenvalue weighted by atomic mass is 9.85. The molecule has 2 aromatic rings. The molecule has 0 radical (unpaired) electrons. The van der Waals surface area contributed by atoms with Gasteiger partial charge in [-0.3, -0.25) is 4.79 Å². The number of hydrogen-bond acceptors (Lipinski definition) is 2. The summed E-state index contributed by atoms with van der Waals surface area (Å²) in [5.41, 5.74) is 8.02. The lowest BCUT2D eigenvalue weighted by molar-refractivity contribution is 0.0897. The summed E-state index contributed by atoms with van der Waals surface area (Å²) in [5, 5.41) is 0. The van der Waals surface area contributed by atoms with Crippen molar-refractivity contribution < 1.29 is 4.79 Å². The largest absolute Gasteiger partial charge is 0.323 e. The van der Waals surface area contributed by atoms with Gasteiger partial charge in [-0.25, -0.2) is 0 Å². The fraction of sp³-hybridized carbons (Fsp3) is 0.235. The molecule has 0 saturated heterocycles. The Morgan fingerprint density at radius 1 is 1.00 bits per heavy atom. The second-order valence-electron chi connectivity index (χ2n) is 4.68. The molecule has 2 heteroatoms. The third kappa shape index (κ3) is 3.09. The predicted octanol–water partition coefficient (Wildman–Crippen LogP) is 3.60. The number of ketones is 1. The van der Waals surface area contributed by atoms with Gasteiger partial charge in [0.25, 0.3) is 0 Å². The van der Waals surface area contributed by atoms with Gasteiger partial charge in [-0.05, 0) is 12.0 Å². The van der Waals surface area contributed by atoms with Gasteiger partial charge in [0.15, 0.2) is 5.78 Å². The number of carbonyl (C=O) groups excluding carboxylic acids is 1. The van der Waals surface area contributed by atoms with E-state index in [0.717, 1.165) is 17.5 Å². The van der Waals surface area contributed by atoms with Crippen LogP contribution in [-0.2, 0) is 0 Å². The maximum atomic E-state index is 12.5. The average molecular weight is 253 g/mol. The maximum absolute atomic E-state index is 12.5. The first-order valence-electron chi connectivity index (χ1n) is 6.63. The molecule has 2 rings (SSSR count). The number of nitrogens with two attached hydrogens (primary N) is 1. The van der Waals surface area contributed by atoms with Crippen LogP contribution in [0.15, 0.2) is 60.7 Å². The minimum Gasteiger partial charge on any atom is -0.323 e. The van der Waals surface area contributed by atoms with Gasteiger partial charge in [0.2, 0.25) is 0 Å². The first-order chi connectivity index (χ1) is 9.24. The maximum Gasteiger partial charge on any atom is 0.167 e. The topological polar surface area (TPSA) is 43.1 Å². The van der Waals surface area contributed by atoms with E-state index in [4.69, 9.17) is 5.73 Å². The summed E-state index contributed by atoms with van der Waals surface area (Å²) >= 11 is 0. The first-order valence-corrected chi connectivity index (χ1v) is 6.63. The van der Waals surface area contributed by atoms with Crippen LogP contribution >= 0.6 is 0 Å². The SMILES string of the molecule is CC[C@H](C(=O)c1ccccc1)[C@@H](N)c1ccccc1. The zero-order valence-corrected chi connectivity index (χ0v) is 11.1. The molecule has 0 aromatic heterocycles.